The van der Waals surface area contributed by atoms with E-state index in [0.29, 0.717) is 23.2 Å². The molecular weight excluding hydrogens is 394 g/mol. The predicted molar refractivity (Wildman–Crippen MR) is 123 cm³/mol. The molecule has 1 unspecified atom stereocenters. The number of aryl methyl sites for hydroxylation is 1. The number of nitrogens with zero attached hydrogens (tertiary/aromatic N) is 6. The van der Waals surface area contributed by atoms with Gasteiger partial charge >= 0.3 is 0 Å². The summed E-state index contributed by atoms with van der Waals surface area (Å²) in [5.41, 5.74) is 9.86. The van der Waals surface area contributed by atoms with E-state index >= 15 is 0 Å². The number of aliphatic imine (C=N–C) groups is 1. The van der Waals surface area contributed by atoms with E-state index in [1.807, 2.05) is 12.1 Å². The molecule has 1 atom stereocenters. The quantitative estimate of drug-likeness (QED) is 0.297. The molecule has 1 aliphatic rings. The molecule has 3 rings (SSSR count). The van der Waals surface area contributed by atoms with Crippen molar-refractivity contribution in [3.63, 3.8) is 0 Å². The Bertz CT molecular complexity index is 1020. The lowest BCUT2D eigenvalue weighted by Gasteiger charge is -2.48. The molecule has 0 bridgehead atoms. The van der Waals surface area contributed by atoms with Crippen molar-refractivity contribution in [1.82, 2.24) is 9.55 Å². The van der Waals surface area contributed by atoms with Crippen molar-refractivity contribution in [3.8, 4) is 0 Å². The first kappa shape index (κ1) is 22.5. The highest BCUT2D eigenvalue weighted by molar-refractivity contribution is 5.80. The summed E-state index contributed by atoms with van der Waals surface area (Å²) in [6.07, 6.45) is 5.75. The van der Waals surface area contributed by atoms with E-state index in [1.165, 1.54) is 36.8 Å². The van der Waals surface area contributed by atoms with Crippen LogP contribution in [-0.2, 0) is 11.2 Å². The van der Waals surface area contributed by atoms with Crippen LogP contribution in [0.2, 0.25) is 0 Å². The van der Waals surface area contributed by atoms with E-state index < -0.39 is 0 Å². The Morgan fingerprint density at radius 3 is 2.77 bits per heavy atom. The van der Waals surface area contributed by atoms with Crippen LogP contribution in [0.1, 0.15) is 57.8 Å². The van der Waals surface area contributed by atoms with Crippen LogP contribution in [0.15, 0.2) is 33.6 Å². The first-order valence-electron chi connectivity index (χ1n) is 10.5. The molecule has 0 fully saturated rings. The lowest BCUT2D eigenvalue weighted by Crippen LogP contribution is -2.52. The van der Waals surface area contributed by atoms with E-state index in [0.717, 1.165) is 24.9 Å². The summed E-state index contributed by atoms with van der Waals surface area (Å²) >= 11 is 0. The minimum Gasteiger partial charge on any atom is -0.486 e. The van der Waals surface area contributed by atoms with Gasteiger partial charge in [0.2, 0.25) is 5.91 Å². The van der Waals surface area contributed by atoms with Gasteiger partial charge in [-0.05, 0) is 57.7 Å². The highest BCUT2D eigenvalue weighted by Crippen LogP contribution is 2.42. The molecule has 1 aromatic carbocycles. The number of nitrogens with two attached hydrogens (primary N) is 1. The predicted octanol–water partition coefficient (Wildman–Crippen LogP) is 5.18. The largest absolute Gasteiger partial charge is 0.486 e. The smallest absolute Gasteiger partial charge is 0.258 e. The van der Waals surface area contributed by atoms with Crippen molar-refractivity contribution in [1.29, 1.82) is 0 Å². The number of nitrogen functional groups attached to an aromatic ring is 1. The van der Waals surface area contributed by atoms with Gasteiger partial charge in [0, 0.05) is 24.2 Å². The van der Waals surface area contributed by atoms with Gasteiger partial charge in [-0.2, -0.15) is 9.98 Å². The number of carbonyl (C=O) groups is 1. The number of imidazole rings is 1. The van der Waals surface area contributed by atoms with Crippen LogP contribution < -0.4 is 10.6 Å². The Morgan fingerprint density at radius 2 is 2.13 bits per heavy atom. The van der Waals surface area contributed by atoms with Crippen molar-refractivity contribution in [2.24, 2.45) is 15.2 Å². The van der Waals surface area contributed by atoms with Crippen LogP contribution in [0.3, 0.4) is 0 Å². The van der Waals surface area contributed by atoms with E-state index in [2.05, 4.69) is 52.8 Å². The molecule has 9 heteroatoms. The Hall–Kier alpha value is -3.23. The molecule has 166 valence electrons. The number of methoxy groups -OCH3 is 1. The molecule has 0 saturated heterocycles. The average Bonchev–Trinajstić information content (AvgIpc) is 3.13. The van der Waals surface area contributed by atoms with Crippen molar-refractivity contribution < 1.29 is 9.53 Å². The first-order chi connectivity index (χ1) is 14.7. The maximum atomic E-state index is 11.9. The number of anilines is 2. The van der Waals surface area contributed by atoms with Crippen LogP contribution in [0.25, 0.3) is 0 Å². The van der Waals surface area contributed by atoms with Crippen molar-refractivity contribution >= 4 is 41.1 Å². The zero-order valence-corrected chi connectivity index (χ0v) is 19.1. The molecule has 1 aliphatic heterocycles. The van der Waals surface area contributed by atoms with E-state index in [9.17, 15) is 4.79 Å². The topological polar surface area (TPSA) is 110 Å². The average molecular weight is 426 g/mol. The fourth-order valence-electron chi connectivity index (χ4n) is 3.98. The zero-order chi connectivity index (χ0) is 22.8. The standard InChI is InChI=1S/C22H31N7O2/c1-7-14(2)29-19-11-17(23)18(10-16(19)8-9-22(29,4)5)26-27-21-25-20(24-13-31-6)12-28(21)15(3)30/h10-14H,7-9,23H2,1-6H3. The molecule has 2 N–H and O–H groups in total. The summed E-state index contributed by atoms with van der Waals surface area (Å²) in [6.45, 7) is 10.4. The number of hydrogen-bond donors (Lipinski definition) is 1. The molecular formula is C22H31N7O2. The number of aromatic nitrogens is 2. The third kappa shape index (κ3) is 4.60. The molecule has 1 aromatic heterocycles. The van der Waals surface area contributed by atoms with Gasteiger partial charge in [-0.25, -0.2) is 0 Å². The lowest BCUT2D eigenvalue weighted by molar-refractivity contribution is 0.0938. The van der Waals surface area contributed by atoms with Crippen molar-refractivity contribution in [2.45, 2.75) is 65.5 Å². The molecule has 2 aromatic rings. The Kier molecular flexibility index (Phi) is 6.42. The van der Waals surface area contributed by atoms with Crippen LogP contribution in [-0.4, -0.2) is 40.5 Å². The second-order valence-corrected chi connectivity index (χ2v) is 8.44. The molecule has 9 nitrogen and oxygen atoms in total. The van der Waals surface area contributed by atoms with Crippen molar-refractivity contribution in [3.05, 3.63) is 23.9 Å². The number of ether oxygens (including phenoxy) is 1. The molecule has 0 spiro atoms. The van der Waals surface area contributed by atoms with E-state index in [4.69, 9.17) is 10.5 Å². The SMILES string of the molecule is CCC(C)N1c2cc(N)c(N=Nc3nc(N=COC)cn3C(C)=O)cc2CCC1(C)C. The summed E-state index contributed by atoms with van der Waals surface area (Å²) in [7, 11) is 1.48. The molecule has 2 heterocycles. The van der Waals surface area contributed by atoms with Gasteiger partial charge in [0.1, 0.15) is 5.69 Å². The number of fused-ring (bicyclic) bond motifs is 1. The molecule has 31 heavy (non-hydrogen) atoms. The van der Waals surface area contributed by atoms with E-state index in [1.54, 1.807) is 0 Å². The number of benzene rings is 1. The summed E-state index contributed by atoms with van der Waals surface area (Å²) in [5.74, 6) is 0.191. The highest BCUT2D eigenvalue weighted by Gasteiger charge is 2.35. The van der Waals surface area contributed by atoms with Gasteiger partial charge in [-0.1, -0.05) is 6.92 Å². The van der Waals surface area contributed by atoms with E-state index in [-0.39, 0.29) is 17.4 Å². The van der Waals surface area contributed by atoms with Crippen LogP contribution in [0.5, 0.6) is 0 Å². The van der Waals surface area contributed by atoms with Gasteiger partial charge in [0.25, 0.3) is 5.95 Å². The summed E-state index contributed by atoms with van der Waals surface area (Å²) in [5, 5.41) is 8.49. The van der Waals surface area contributed by atoms with Crippen molar-refractivity contribution in [2.75, 3.05) is 17.7 Å². The maximum Gasteiger partial charge on any atom is 0.258 e. The number of hydrogen-bond acceptors (Lipinski definition) is 8. The minimum absolute atomic E-state index is 0.0588. The number of rotatable bonds is 6. The zero-order valence-electron chi connectivity index (χ0n) is 19.1. The summed E-state index contributed by atoms with van der Waals surface area (Å²) in [4.78, 5) is 22.6. The summed E-state index contributed by atoms with van der Waals surface area (Å²) < 4.78 is 6.09. The van der Waals surface area contributed by atoms with Gasteiger partial charge in [0.05, 0.1) is 19.0 Å². The highest BCUT2D eigenvalue weighted by atomic mass is 16.5. The normalized spacial score (nSPS) is 16.6. The fraction of sp³-hybridized carbons (Fsp3) is 0.500. The third-order valence-corrected chi connectivity index (χ3v) is 5.73. The van der Waals surface area contributed by atoms with Gasteiger partial charge < -0.3 is 15.4 Å². The van der Waals surface area contributed by atoms with Crippen LogP contribution in [0.4, 0.5) is 28.8 Å². The second kappa shape index (κ2) is 8.87. The summed E-state index contributed by atoms with van der Waals surface area (Å²) in [6, 6.07) is 4.38. The first-order valence-corrected chi connectivity index (χ1v) is 10.5. The molecule has 0 amide bonds. The minimum atomic E-state index is -0.245. The molecule has 0 aliphatic carbocycles. The second-order valence-electron chi connectivity index (χ2n) is 8.44. The Balaban J connectivity index is 1.98. The fourth-order valence-corrected chi connectivity index (χ4v) is 3.98. The number of carbonyl (C=O) groups excluding carboxylic acids is 1. The molecule has 0 radical (unpaired) electrons. The number of azo groups is 1. The maximum absolute atomic E-state index is 11.9. The molecule has 0 saturated carbocycles. The van der Waals surface area contributed by atoms with Crippen LogP contribution >= 0.6 is 0 Å². The van der Waals surface area contributed by atoms with Crippen LogP contribution in [0, 0.1) is 0 Å². The van der Waals surface area contributed by atoms with Gasteiger partial charge in [-0.3, -0.25) is 9.36 Å². The monoisotopic (exact) mass is 425 g/mol. The van der Waals surface area contributed by atoms with Gasteiger partial charge in [-0.15, -0.1) is 10.2 Å². The van der Waals surface area contributed by atoms with Gasteiger partial charge in [0.15, 0.2) is 12.2 Å². The Morgan fingerprint density at radius 1 is 1.39 bits per heavy atom. The third-order valence-electron chi connectivity index (χ3n) is 5.73. The Labute approximate surface area is 183 Å². The lowest BCUT2D eigenvalue weighted by atomic mass is 9.85.